The largest absolute Gasteiger partial charge is 0.444 e. The van der Waals surface area contributed by atoms with Crippen LogP contribution in [0.5, 0.6) is 0 Å². The van der Waals surface area contributed by atoms with E-state index >= 15 is 0 Å². The van der Waals surface area contributed by atoms with Crippen molar-refractivity contribution in [3.8, 4) is 0 Å². The number of hydrogen-bond acceptors (Lipinski definition) is 4. The van der Waals surface area contributed by atoms with E-state index in [2.05, 4.69) is 29.8 Å². The number of nitrogens with one attached hydrogen (secondary N) is 3. The summed E-state index contributed by atoms with van der Waals surface area (Å²) in [5, 5.41) is 10.0. The lowest BCUT2D eigenvalue weighted by Gasteiger charge is -2.28. The molecular formula is C16H33N3O2. The van der Waals surface area contributed by atoms with Crippen LogP contribution in [0.4, 0.5) is 4.79 Å². The summed E-state index contributed by atoms with van der Waals surface area (Å²) in [7, 11) is 0. The van der Waals surface area contributed by atoms with Crippen molar-refractivity contribution in [1.82, 2.24) is 16.0 Å². The van der Waals surface area contributed by atoms with Gasteiger partial charge in [0.15, 0.2) is 0 Å². The van der Waals surface area contributed by atoms with Crippen LogP contribution in [0.1, 0.15) is 53.9 Å². The minimum atomic E-state index is -0.447. The molecule has 5 nitrogen and oxygen atoms in total. The molecule has 1 aliphatic heterocycles. The van der Waals surface area contributed by atoms with Crippen LogP contribution in [0.3, 0.4) is 0 Å². The average Bonchev–Trinajstić information content (AvgIpc) is 2.60. The van der Waals surface area contributed by atoms with Gasteiger partial charge in [0.05, 0.1) is 0 Å². The van der Waals surface area contributed by atoms with Gasteiger partial charge in [-0.15, -0.1) is 0 Å². The molecule has 1 saturated heterocycles. The second-order valence-corrected chi connectivity index (χ2v) is 7.28. The molecule has 0 aliphatic carbocycles. The molecule has 124 valence electrons. The molecule has 1 heterocycles. The molecule has 0 bridgehead atoms. The van der Waals surface area contributed by atoms with Gasteiger partial charge < -0.3 is 20.7 Å². The van der Waals surface area contributed by atoms with E-state index in [0.29, 0.717) is 18.5 Å². The second kappa shape index (κ2) is 8.59. The number of amides is 1. The number of rotatable bonds is 5. The zero-order valence-electron chi connectivity index (χ0n) is 14.3. The van der Waals surface area contributed by atoms with E-state index < -0.39 is 5.60 Å². The first-order valence-electron chi connectivity index (χ1n) is 8.21. The minimum absolute atomic E-state index is 0.278. The number of carbonyl (C=O) groups is 1. The highest BCUT2D eigenvalue weighted by Gasteiger charge is 2.21. The quantitative estimate of drug-likeness (QED) is 0.729. The van der Waals surface area contributed by atoms with Crippen LogP contribution >= 0.6 is 0 Å². The van der Waals surface area contributed by atoms with Gasteiger partial charge in [0, 0.05) is 18.6 Å². The van der Waals surface area contributed by atoms with E-state index in [1.807, 2.05) is 20.8 Å². The molecule has 0 radical (unpaired) electrons. The van der Waals surface area contributed by atoms with Crippen molar-refractivity contribution in [2.75, 3.05) is 19.6 Å². The Labute approximate surface area is 129 Å². The van der Waals surface area contributed by atoms with Crippen molar-refractivity contribution in [2.45, 2.75) is 71.6 Å². The van der Waals surface area contributed by atoms with Gasteiger partial charge in [0.25, 0.3) is 0 Å². The average molecular weight is 299 g/mol. The summed E-state index contributed by atoms with van der Waals surface area (Å²) in [6.45, 7) is 12.8. The fraction of sp³-hybridized carbons (Fsp3) is 0.938. The van der Waals surface area contributed by atoms with Crippen molar-refractivity contribution in [3.05, 3.63) is 0 Å². The zero-order chi connectivity index (χ0) is 15.9. The monoisotopic (exact) mass is 299 g/mol. The van der Waals surface area contributed by atoms with Gasteiger partial charge in [0.2, 0.25) is 0 Å². The van der Waals surface area contributed by atoms with Gasteiger partial charge >= 0.3 is 6.09 Å². The number of alkyl carbamates (subject to hydrolysis) is 1. The number of carbonyl (C=O) groups excluding carboxylic acids is 1. The Balaban J connectivity index is 2.40. The Morgan fingerprint density at radius 1 is 1.29 bits per heavy atom. The van der Waals surface area contributed by atoms with Crippen LogP contribution in [0.15, 0.2) is 0 Å². The molecule has 0 aromatic rings. The predicted molar refractivity (Wildman–Crippen MR) is 86.5 cm³/mol. The molecule has 0 spiro atoms. The maximum atomic E-state index is 11.8. The van der Waals surface area contributed by atoms with Crippen molar-refractivity contribution in [3.63, 3.8) is 0 Å². The predicted octanol–water partition coefficient (Wildman–Crippen LogP) is 2.27. The fourth-order valence-electron chi connectivity index (χ4n) is 2.48. The molecule has 1 rings (SSSR count). The molecule has 5 heteroatoms. The summed E-state index contributed by atoms with van der Waals surface area (Å²) < 4.78 is 5.29. The minimum Gasteiger partial charge on any atom is -0.444 e. The highest BCUT2D eigenvalue weighted by Crippen LogP contribution is 2.10. The van der Waals surface area contributed by atoms with Crippen molar-refractivity contribution in [1.29, 1.82) is 0 Å². The summed E-state index contributed by atoms with van der Waals surface area (Å²) in [6.07, 6.45) is 3.22. The first-order chi connectivity index (χ1) is 9.78. The van der Waals surface area contributed by atoms with Gasteiger partial charge in [-0.25, -0.2) is 4.79 Å². The van der Waals surface area contributed by atoms with Crippen molar-refractivity contribution >= 4 is 6.09 Å². The Kier molecular flexibility index (Phi) is 7.46. The Morgan fingerprint density at radius 2 is 2.00 bits per heavy atom. The summed E-state index contributed by atoms with van der Waals surface area (Å²) in [5.41, 5.74) is -0.447. The van der Waals surface area contributed by atoms with E-state index in [4.69, 9.17) is 4.74 Å². The molecular weight excluding hydrogens is 266 g/mol. The van der Waals surface area contributed by atoms with Gasteiger partial charge in [0.1, 0.15) is 5.60 Å². The van der Waals surface area contributed by atoms with Gasteiger partial charge in [-0.3, -0.25) is 0 Å². The van der Waals surface area contributed by atoms with Gasteiger partial charge in [-0.05, 0) is 59.0 Å². The number of hydrogen-bond donors (Lipinski definition) is 3. The van der Waals surface area contributed by atoms with Crippen LogP contribution in [-0.2, 0) is 4.74 Å². The summed E-state index contributed by atoms with van der Waals surface area (Å²) >= 11 is 0. The summed E-state index contributed by atoms with van der Waals surface area (Å²) in [4.78, 5) is 11.8. The molecule has 0 saturated carbocycles. The summed E-state index contributed by atoms with van der Waals surface area (Å²) in [6, 6.07) is 0.813. The third kappa shape index (κ3) is 8.27. The third-order valence-electron chi connectivity index (χ3n) is 3.70. The lowest BCUT2D eigenvalue weighted by Crippen LogP contribution is -2.49. The Morgan fingerprint density at radius 3 is 2.62 bits per heavy atom. The standard InChI is InChI=1S/C16H33N3O2/c1-12(2)14(11-18-15(20)21-16(3,4)5)19-13-7-6-9-17-10-8-13/h12-14,17,19H,6-11H2,1-5H3,(H,18,20). The van der Waals surface area contributed by atoms with E-state index in [1.54, 1.807) is 0 Å². The smallest absolute Gasteiger partial charge is 0.407 e. The Bertz CT molecular complexity index is 305. The molecule has 2 unspecified atom stereocenters. The maximum Gasteiger partial charge on any atom is 0.407 e. The highest BCUT2D eigenvalue weighted by molar-refractivity contribution is 5.67. The second-order valence-electron chi connectivity index (χ2n) is 7.28. The van der Waals surface area contributed by atoms with Crippen LogP contribution in [0, 0.1) is 5.92 Å². The van der Waals surface area contributed by atoms with Crippen LogP contribution in [0.25, 0.3) is 0 Å². The van der Waals surface area contributed by atoms with E-state index in [1.165, 1.54) is 12.8 Å². The molecule has 0 aromatic heterocycles. The molecule has 2 atom stereocenters. The lowest BCUT2D eigenvalue weighted by atomic mass is 10.0. The van der Waals surface area contributed by atoms with Crippen molar-refractivity contribution < 1.29 is 9.53 Å². The zero-order valence-corrected chi connectivity index (χ0v) is 14.3. The molecule has 3 N–H and O–H groups in total. The van der Waals surface area contributed by atoms with E-state index in [0.717, 1.165) is 19.5 Å². The molecule has 21 heavy (non-hydrogen) atoms. The van der Waals surface area contributed by atoms with Crippen LogP contribution in [0.2, 0.25) is 0 Å². The van der Waals surface area contributed by atoms with Gasteiger partial charge in [-0.2, -0.15) is 0 Å². The van der Waals surface area contributed by atoms with Gasteiger partial charge in [-0.1, -0.05) is 13.8 Å². The normalized spacial score (nSPS) is 21.7. The molecule has 1 amide bonds. The molecule has 0 aromatic carbocycles. The Hall–Kier alpha value is -0.810. The fourth-order valence-corrected chi connectivity index (χ4v) is 2.48. The first-order valence-corrected chi connectivity index (χ1v) is 8.21. The maximum absolute atomic E-state index is 11.8. The lowest BCUT2D eigenvalue weighted by molar-refractivity contribution is 0.0518. The molecule has 1 aliphatic rings. The SMILES string of the molecule is CC(C)C(CNC(=O)OC(C)(C)C)NC1CCCNCC1. The van der Waals surface area contributed by atoms with Crippen molar-refractivity contribution in [2.24, 2.45) is 5.92 Å². The van der Waals surface area contributed by atoms with Crippen LogP contribution in [-0.4, -0.2) is 43.4 Å². The number of ether oxygens (including phenoxy) is 1. The van der Waals surface area contributed by atoms with E-state index in [9.17, 15) is 4.79 Å². The van der Waals surface area contributed by atoms with Crippen LogP contribution < -0.4 is 16.0 Å². The van der Waals surface area contributed by atoms with E-state index in [-0.39, 0.29) is 12.1 Å². The topological polar surface area (TPSA) is 62.4 Å². The third-order valence-corrected chi connectivity index (χ3v) is 3.70. The first kappa shape index (κ1) is 18.2. The summed E-state index contributed by atoms with van der Waals surface area (Å²) in [5.74, 6) is 0.469. The highest BCUT2D eigenvalue weighted by atomic mass is 16.6. The molecule has 1 fully saturated rings.